The highest BCUT2D eigenvalue weighted by Crippen LogP contribution is 2.28. The van der Waals surface area contributed by atoms with Gasteiger partial charge in [0, 0.05) is 27.3 Å². The van der Waals surface area contributed by atoms with Crippen LogP contribution in [0.5, 0.6) is 0 Å². The van der Waals surface area contributed by atoms with Crippen LogP contribution >= 0.6 is 22.9 Å². The zero-order chi connectivity index (χ0) is 13.9. The number of aromatic nitrogens is 1. The maximum Gasteiger partial charge on any atom is 0.187 e. The van der Waals surface area contributed by atoms with Gasteiger partial charge in [-0.2, -0.15) is 0 Å². The molecule has 0 atom stereocenters. The van der Waals surface area contributed by atoms with Gasteiger partial charge in [-0.25, -0.2) is 4.98 Å². The zero-order valence-corrected chi connectivity index (χ0v) is 12.1. The third-order valence-corrected chi connectivity index (χ3v) is 3.79. The topological polar surface area (TPSA) is 50.9 Å². The number of nitrogens with two attached hydrogens (primary N) is 1. The Labute approximate surface area is 126 Å². The van der Waals surface area contributed by atoms with Gasteiger partial charge in [0.05, 0.1) is 5.69 Å². The van der Waals surface area contributed by atoms with Gasteiger partial charge in [0.15, 0.2) is 5.13 Å². The van der Waals surface area contributed by atoms with Gasteiger partial charge in [0.25, 0.3) is 0 Å². The summed E-state index contributed by atoms with van der Waals surface area (Å²) in [5.41, 5.74) is 9.39. The number of hydrogen-bond donors (Lipinski definition) is 2. The Bertz CT molecular complexity index is 722. The van der Waals surface area contributed by atoms with Crippen molar-refractivity contribution in [3.63, 3.8) is 0 Å². The molecular formula is C15H12ClN3S. The monoisotopic (exact) mass is 301 g/mol. The van der Waals surface area contributed by atoms with Gasteiger partial charge < -0.3 is 11.1 Å². The number of benzene rings is 2. The molecule has 5 heteroatoms. The van der Waals surface area contributed by atoms with Crippen molar-refractivity contribution < 1.29 is 0 Å². The number of nitrogens with one attached hydrogen (secondary N) is 1. The summed E-state index contributed by atoms with van der Waals surface area (Å²) < 4.78 is 0. The minimum atomic E-state index is 0.724. The fourth-order valence-corrected chi connectivity index (χ4v) is 2.69. The first-order chi connectivity index (χ1) is 9.70. The average Bonchev–Trinajstić information content (AvgIpc) is 2.88. The van der Waals surface area contributed by atoms with E-state index < -0.39 is 0 Å². The SMILES string of the molecule is Nc1cccc(Nc2nc(-c3ccc(Cl)cc3)cs2)c1. The molecular weight excluding hydrogens is 290 g/mol. The van der Waals surface area contributed by atoms with Crippen LogP contribution in [0.2, 0.25) is 5.02 Å². The predicted octanol–water partition coefficient (Wildman–Crippen LogP) is 4.79. The number of nitrogens with zero attached hydrogens (tertiary/aromatic N) is 1. The molecule has 3 N–H and O–H groups in total. The summed E-state index contributed by atoms with van der Waals surface area (Å²) >= 11 is 7.44. The van der Waals surface area contributed by atoms with Crippen LogP contribution in [0.15, 0.2) is 53.9 Å². The van der Waals surface area contributed by atoms with Crippen LogP contribution in [0.4, 0.5) is 16.5 Å². The molecule has 2 aromatic carbocycles. The Morgan fingerprint density at radius 2 is 1.90 bits per heavy atom. The van der Waals surface area contributed by atoms with Crippen molar-refractivity contribution in [2.45, 2.75) is 0 Å². The van der Waals surface area contributed by atoms with Crippen molar-refractivity contribution in [1.82, 2.24) is 4.98 Å². The van der Waals surface area contributed by atoms with Gasteiger partial charge in [-0.1, -0.05) is 29.8 Å². The van der Waals surface area contributed by atoms with E-state index in [0.717, 1.165) is 32.8 Å². The van der Waals surface area contributed by atoms with E-state index in [1.54, 1.807) is 11.3 Å². The van der Waals surface area contributed by atoms with Crippen LogP contribution in [-0.4, -0.2) is 4.98 Å². The molecule has 3 rings (SSSR count). The molecule has 0 bridgehead atoms. The first kappa shape index (κ1) is 13.0. The molecule has 0 aliphatic rings. The van der Waals surface area contributed by atoms with E-state index in [1.807, 2.05) is 53.9 Å². The third kappa shape index (κ3) is 2.92. The average molecular weight is 302 g/mol. The molecule has 0 radical (unpaired) electrons. The van der Waals surface area contributed by atoms with E-state index in [1.165, 1.54) is 0 Å². The number of nitrogen functional groups attached to an aromatic ring is 1. The van der Waals surface area contributed by atoms with E-state index in [9.17, 15) is 0 Å². The second kappa shape index (κ2) is 5.53. The molecule has 0 amide bonds. The molecule has 1 heterocycles. The minimum absolute atomic E-state index is 0.724. The lowest BCUT2D eigenvalue weighted by atomic mass is 10.2. The van der Waals surface area contributed by atoms with Crippen molar-refractivity contribution in [1.29, 1.82) is 0 Å². The van der Waals surface area contributed by atoms with Crippen molar-refractivity contribution in [2.24, 2.45) is 0 Å². The molecule has 0 saturated heterocycles. The summed E-state index contributed by atoms with van der Waals surface area (Å²) in [5.74, 6) is 0. The van der Waals surface area contributed by atoms with E-state index in [4.69, 9.17) is 17.3 Å². The van der Waals surface area contributed by atoms with Gasteiger partial charge in [0.2, 0.25) is 0 Å². The summed E-state index contributed by atoms with van der Waals surface area (Å²) in [5, 5.41) is 6.82. The van der Waals surface area contributed by atoms with Crippen LogP contribution in [0.1, 0.15) is 0 Å². The Morgan fingerprint density at radius 1 is 1.10 bits per heavy atom. The second-order valence-corrected chi connectivity index (χ2v) is 5.59. The number of rotatable bonds is 3. The van der Waals surface area contributed by atoms with Crippen LogP contribution in [0, 0.1) is 0 Å². The molecule has 0 spiro atoms. The Morgan fingerprint density at radius 3 is 2.65 bits per heavy atom. The number of hydrogen-bond acceptors (Lipinski definition) is 4. The zero-order valence-electron chi connectivity index (χ0n) is 10.5. The lowest BCUT2D eigenvalue weighted by molar-refractivity contribution is 1.38. The molecule has 3 aromatic rings. The maximum atomic E-state index is 5.88. The summed E-state index contributed by atoms with van der Waals surface area (Å²) in [6.07, 6.45) is 0. The van der Waals surface area contributed by atoms with Gasteiger partial charge in [-0.05, 0) is 30.3 Å². The molecule has 0 saturated carbocycles. The van der Waals surface area contributed by atoms with Crippen LogP contribution in [0.25, 0.3) is 11.3 Å². The van der Waals surface area contributed by atoms with Gasteiger partial charge in [-0.15, -0.1) is 11.3 Å². The Hall–Kier alpha value is -2.04. The smallest absolute Gasteiger partial charge is 0.187 e. The largest absolute Gasteiger partial charge is 0.399 e. The number of anilines is 3. The first-order valence-corrected chi connectivity index (χ1v) is 7.30. The molecule has 20 heavy (non-hydrogen) atoms. The standard InChI is InChI=1S/C15H12ClN3S/c16-11-6-4-10(5-7-11)14-9-20-15(19-14)18-13-3-1-2-12(17)8-13/h1-9H,17H2,(H,18,19). The number of thiazole rings is 1. The fourth-order valence-electron chi connectivity index (χ4n) is 1.82. The lowest BCUT2D eigenvalue weighted by Crippen LogP contribution is -1.91. The quantitative estimate of drug-likeness (QED) is 0.684. The van der Waals surface area contributed by atoms with Crippen molar-refractivity contribution in [3.8, 4) is 11.3 Å². The molecule has 0 aliphatic carbocycles. The minimum Gasteiger partial charge on any atom is -0.399 e. The van der Waals surface area contributed by atoms with Gasteiger partial charge in [0.1, 0.15) is 0 Å². The van der Waals surface area contributed by atoms with Gasteiger partial charge in [-0.3, -0.25) is 0 Å². The first-order valence-electron chi connectivity index (χ1n) is 6.05. The summed E-state index contributed by atoms with van der Waals surface area (Å²) in [4.78, 5) is 4.56. The molecule has 1 aromatic heterocycles. The molecule has 0 unspecified atom stereocenters. The van der Waals surface area contributed by atoms with Crippen LogP contribution in [-0.2, 0) is 0 Å². The summed E-state index contributed by atoms with van der Waals surface area (Å²) in [6.45, 7) is 0. The normalized spacial score (nSPS) is 10.4. The fraction of sp³-hybridized carbons (Fsp3) is 0. The highest BCUT2D eigenvalue weighted by Gasteiger charge is 2.05. The van der Waals surface area contributed by atoms with Crippen molar-refractivity contribution in [2.75, 3.05) is 11.1 Å². The lowest BCUT2D eigenvalue weighted by Gasteiger charge is -2.03. The Balaban J connectivity index is 1.82. The Kier molecular flexibility index (Phi) is 3.58. The maximum absolute atomic E-state index is 5.88. The molecule has 0 fully saturated rings. The number of halogens is 1. The third-order valence-electron chi connectivity index (χ3n) is 2.78. The van der Waals surface area contributed by atoms with E-state index in [2.05, 4.69) is 10.3 Å². The highest BCUT2D eigenvalue weighted by atomic mass is 35.5. The summed E-state index contributed by atoms with van der Waals surface area (Å²) in [7, 11) is 0. The van der Waals surface area contributed by atoms with Crippen molar-refractivity contribution >= 4 is 39.4 Å². The van der Waals surface area contributed by atoms with E-state index >= 15 is 0 Å². The van der Waals surface area contributed by atoms with Crippen LogP contribution < -0.4 is 11.1 Å². The summed E-state index contributed by atoms with van der Waals surface area (Å²) in [6, 6.07) is 15.2. The van der Waals surface area contributed by atoms with E-state index in [-0.39, 0.29) is 0 Å². The van der Waals surface area contributed by atoms with E-state index in [0.29, 0.717) is 0 Å². The second-order valence-electron chi connectivity index (χ2n) is 4.30. The molecule has 100 valence electrons. The molecule has 3 nitrogen and oxygen atoms in total. The molecule has 0 aliphatic heterocycles. The van der Waals surface area contributed by atoms with Crippen molar-refractivity contribution in [3.05, 3.63) is 58.9 Å². The van der Waals surface area contributed by atoms with Crippen LogP contribution in [0.3, 0.4) is 0 Å². The highest BCUT2D eigenvalue weighted by molar-refractivity contribution is 7.14. The predicted molar refractivity (Wildman–Crippen MR) is 86.7 cm³/mol. The van der Waals surface area contributed by atoms with Gasteiger partial charge >= 0.3 is 0 Å².